The van der Waals surface area contributed by atoms with Crippen molar-refractivity contribution in [1.29, 1.82) is 0 Å². The Morgan fingerprint density at radius 3 is 2.38 bits per heavy atom. The third-order valence-electron chi connectivity index (χ3n) is 6.32. The fourth-order valence-electron chi connectivity index (χ4n) is 4.86. The zero-order chi connectivity index (χ0) is 18.4. The summed E-state index contributed by atoms with van der Waals surface area (Å²) in [5.74, 6) is 0.241. The van der Waals surface area contributed by atoms with Gasteiger partial charge >= 0.3 is 5.69 Å². The first-order valence-electron chi connectivity index (χ1n) is 9.42. The van der Waals surface area contributed by atoms with E-state index in [2.05, 4.69) is 28.9 Å². The number of aromatic nitrogens is 2. The maximum atomic E-state index is 12.0. The summed E-state index contributed by atoms with van der Waals surface area (Å²) in [7, 11) is 0. The zero-order valence-corrected chi connectivity index (χ0v) is 15.3. The molecule has 2 fully saturated rings. The normalized spacial score (nSPS) is 27.3. The van der Waals surface area contributed by atoms with Crippen molar-refractivity contribution in [2.45, 2.75) is 56.7 Å². The lowest BCUT2D eigenvalue weighted by Crippen LogP contribution is -2.45. The Labute approximate surface area is 153 Å². The smallest absolute Gasteiger partial charge is 0.354 e. The van der Waals surface area contributed by atoms with E-state index in [0.29, 0.717) is 0 Å². The van der Waals surface area contributed by atoms with Crippen LogP contribution >= 0.6 is 0 Å². The van der Waals surface area contributed by atoms with Gasteiger partial charge < -0.3 is 11.5 Å². The maximum absolute atomic E-state index is 12.0. The Bertz CT molecular complexity index is 849. The van der Waals surface area contributed by atoms with Crippen molar-refractivity contribution in [2.24, 2.45) is 5.73 Å². The van der Waals surface area contributed by atoms with Gasteiger partial charge in [-0.15, -0.1) is 0 Å². The summed E-state index contributed by atoms with van der Waals surface area (Å²) >= 11 is 0. The Balaban J connectivity index is 1.53. The average molecular weight is 353 g/mol. The first-order valence-corrected chi connectivity index (χ1v) is 9.42. The molecule has 1 aromatic heterocycles. The summed E-state index contributed by atoms with van der Waals surface area (Å²) in [5.41, 5.74) is 14.1. The Morgan fingerprint density at radius 1 is 1.15 bits per heavy atom. The molecule has 0 atom stereocenters. The van der Waals surface area contributed by atoms with Crippen LogP contribution in [0.15, 0.2) is 41.3 Å². The fraction of sp³-hybridized carbons (Fsp3) is 0.500. The molecule has 2 bridgehead atoms. The van der Waals surface area contributed by atoms with Gasteiger partial charge in [0.05, 0.1) is 5.69 Å². The standard InChI is InChI=1S/C20H27N5O/c1-2-24(20-10-8-19(22,14-20)9-11-20)13-15-3-5-16(6-4-15)25-12-7-17(21)23-18(25)26/h3-7,12H,2,8-11,13-14,22H2,1H3,(H2,21,23,26). The summed E-state index contributed by atoms with van der Waals surface area (Å²) in [4.78, 5) is 18.4. The number of rotatable bonds is 5. The largest absolute Gasteiger partial charge is 0.383 e. The minimum atomic E-state index is -0.358. The second kappa shape index (κ2) is 6.21. The molecule has 2 aromatic rings. The number of anilines is 1. The topological polar surface area (TPSA) is 90.2 Å². The van der Waals surface area contributed by atoms with E-state index in [1.165, 1.54) is 23.0 Å². The maximum Gasteiger partial charge on any atom is 0.354 e. The second-order valence-electron chi connectivity index (χ2n) is 7.95. The number of nitrogens with zero attached hydrogens (tertiary/aromatic N) is 3. The molecule has 0 spiro atoms. The van der Waals surface area contributed by atoms with Crippen molar-refractivity contribution in [3.8, 4) is 5.69 Å². The number of hydrogen-bond acceptors (Lipinski definition) is 5. The van der Waals surface area contributed by atoms with Crippen LogP contribution in [0.4, 0.5) is 5.82 Å². The SMILES string of the molecule is CCN(Cc1ccc(-n2ccc(N)nc2=O)cc1)C12CCC(N)(CC1)C2. The molecule has 6 nitrogen and oxygen atoms in total. The van der Waals surface area contributed by atoms with E-state index in [9.17, 15) is 4.79 Å². The van der Waals surface area contributed by atoms with E-state index in [1.807, 2.05) is 12.1 Å². The van der Waals surface area contributed by atoms with Gasteiger partial charge in [-0.25, -0.2) is 4.79 Å². The Hall–Kier alpha value is -2.18. The summed E-state index contributed by atoms with van der Waals surface area (Å²) in [6.45, 7) is 4.18. The van der Waals surface area contributed by atoms with Crippen LogP contribution in [0.3, 0.4) is 0 Å². The highest BCUT2D eigenvalue weighted by molar-refractivity contribution is 5.36. The number of fused-ring (bicyclic) bond motifs is 2. The van der Waals surface area contributed by atoms with Crippen molar-refractivity contribution in [1.82, 2.24) is 14.5 Å². The highest BCUT2D eigenvalue weighted by Crippen LogP contribution is 2.52. The highest BCUT2D eigenvalue weighted by atomic mass is 16.1. The van der Waals surface area contributed by atoms with Crippen LogP contribution in [0.25, 0.3) is 5.69 Å². The van der Waals surface area contributed by atoms with Crippen molar-refractivity contribution < 1.29 is 0 Å². The minimum absolute atomic E-state index is 0.0700. The number of nitrogen functional groups attached to an aromatic ring is 1. The molecule has 2 aliphatic carbocycles. The molecule has 26 heavy (non-hydrogen) atoms. The minimum Gasteiger partial charge on any atom is -0.383 e. The molecular weight excluding hydrogens is 326 g/mol. The molecule has 0 saturated heterocycles. The third-order valence-corrected chi connectivity index (χ3v) is 6.32. The van der Waals surface area contributed by atoms with Gasteiger partial charge in [0, 0.05) is 23.8 Å². The summed E-state index contributed by atoms with van der Waals surface area (Å²) in [5, 5.41) is 0. The van der Waals surface area contributed by atoms with Crippen molar-refractivity contribution >= 4 is 5.82 Å². The molecule has 0 radical (unpaired) electrons. The summed E-state index contributed by atoms with van der Waals surface area (Å²) < 4.78 is 1.51. The molecule has 4 rings (SSSR count). The molecule has 1 aromatic carbocycles. The van der Waals surface area contributed by atoms with Crippen molar-refractivity contribution in [2.75, 3.05) is 12.3 Å². The molecule has 4 N–H and O–H groups in total. The number of hydrogen-bond donors (Lipinski definition) is 2. The van der Waals surface area contributed by atoms with Gasteiger partial charge in [0.15, 0.2) is 0 Å². The fourth-order valence-corrected chi connectivity index (χ4v) is 4.86. The first kappa shape index (κ1) is 17.2. The first-order chi connectivity index (χ1) is 12.4. The quantitative estimate of drug-likeness (QED) is 0.858. The molecule has 2 saturated carbocycles. The molecular formula is C20H27N5O. The third kappa shape index (κ3) is 2.93. The van der Waals surface area contributed by atoms with Gasteiger partial charge in [-0.2, -0.15) is 4.98 Å². The molecule has 1 heterocycles. The van der Waals surface area contributed by atoms with Crippen LogP contribution in [0.2, 0.25) is 0 Å². The molecule has 0 unspecified atom stereocenters. The Morgan fingerprint density at radius 2 is 1.85 bits per heavy atom. The lowest BCUT2D eigenvalue weighted by Gasteiger charge is -2.39. The van der Waals surface area contributed by atoms with E-state index in [4.69, 9.17) is 11.5 Å². The summed E-state index contributed by atoms with van der Waals surface area (Å²) in [6.07, 6.45) is 7.50. The van der Waals surface area contributed by atoms with Gasteiger partial charge in [-0.3, -0.25) is 9.47 Å². The van der Waals surface area contributed by atoms with E-state index in [0.717, 1.165) is 38.0 Å². The average Bonchev–Trinajstić information content (AvgIpc) is 3.15. The predicted octanol–water partition coefficient (Wildman–Crippen LogP) is 2.05. The van der Waals surface area contributed by atoms with E-state index < -0.39 is 0 Å². The predicted molar refractivity (Wildman–Crippen MR) is 103 cm³/mol. The monoisotopic (exact) mass is 353 g/mol. The van der Waals surface area contributed by atoms with Gasteiger partial charge in [0.1, 0.15) is 5.82 Å². The molecule has 6 heteroatoms. The molecule has 2 aliphatic rings. The number of nitrogens with two attached hydrogens (primary N) is 2. The second-order valence-corrected chi connectivity index (χ2v) is 7.95. The van der Waals surface area contributed by atoms with Crippen LogP contribution < -0.4 is 17.2 Å². The Kier molecular flexibility index (Phi) is 4.12. The lowest BCUT2D eigenvalue weighted by molar-refractivity contribution is 0.0927. The van der Waals surface area contributed by atoms with Gasteiger partial charge in [-0.05, 0) is 62.4 Å². The van der Waals surface area contributed by atoms with Crippen molar-refractivity contribution in [3.63, 3.8) is 0 Å². The summed E-state index contributed by atoms with van der Waals surface area (Å²) in [6, 6.07) is 9.76. The van der Waals surface area contributed by atoms with E-state index in [-0.39, 0.29) is 22.6 Å². The molecule has 0 aliphatic heterocycles. The van der Waals surface area contributed by atoms with E-state index >= 15 is 0 Å². The lowest BCUT2D eigenvalue weighted by atomic mass is 9.90. The van der Waals surface area contributed by atoms with Crippen LogP contribution in [-0.4, -0.2) is 32.1 Å². The molecule has 0 amide bonds. The number of benzene rings is 1. The van der Waals surface area contributed by atoms with Gasteiger partial charge in [-0.1, -0.05) is 19.1 Å². The van der Waals surface area contributed by atoms with Crippen molar-refractivity contribution in [3.05, 3.63) is 52.6 Å². The highest BCUT2D eigenvalue weighted by Gasteiger charge is 2.54. The van der Waals surface area contributed by atoms with Gasteiger partial charge in [0.25, 0.3) is 0 Å². The zero-order valence-electron chi connectivity index (χ0n) is 15.3. The van der Waals surface area contributed by atoms with Crippen LogP contribution in [0, 0.1) is 0 Å². The van der Waals surface area contributed by atoms with Crippen LogP contribution in [-0.2, 0) is 6.54 Å². The molecule has 138 valence electrons. The van der Waals surface area contributed by atoms with Gasteiger partial charge in [0.2, 0.25) is 0 Å². The van der Waals surface area contributed by atoms with Crippen LogP contribution in [0.5, 0.6) is 0 Å². The van der Waals surface area contributed by atoms with E-state index in [1.54, 1.807) is 12.3 Å². The van der Waals surface area contributed by atoms with Crippen LogP contribution in [0.1, 0.15) is 44.6 Å².